The Morgan fingerprint density at radius 1 is 1.56 bits per heavy atom. The van der Waals surface area contributed by atoms with E-state index >= 15 is 0 Å². The summed E-state index contributed by atoms with van der Waals surface area (Å²) >= 11 is 5.90. The molecule has 4 N–H and O–H groups in total. The summed E-state index contributed by atoms with van der Waals surface area (Å²) in [7, 11) is 0. The second-order valence-electron chi connectivity index (χ2n) is 3.98. The van der Waals surface area contributed by atoms with E-state index in [1.54, 1.807) is 0 Å². The molecule has 0 aliphatic heterocycles. The highest BCUT2D eigenvalue weighted by atomic mass is 35.5. The number of aromatic nitrogens is 2. The van der Waals surface area contributed by atoms with Crippen LogP contribution in [0.2, 0.25) is 5.02 Å². The number of carbonyl (C=O) groups is 1. The molecule has 0 aromatic carbocycles. The number of nitrogens with two attached hydrogens (primary N) is 1. The first-order valence-electron chi connectivity index (χ1n) is 5.83. The van der Waals surface area contributed by atoms with Gasteiger partial charge in [0.1, 0.15) is 23.0 Å². The number of nitrogen functional groups attached to an aromatic ring is 1. The number of rotatable bonds is 6. The van der Waals surface area contributed by atoms with Gasteiger partial charge in [0.25, 0.3) is 0 Å². The molecule has 100 valence electrons. The van der Waals surface area contributed by atoms with E-state index in [4.69, 9.17) is 17.3 Å². The minimum Gasteiger partial charge on any atom is -0.382 e. The lowest BCUT2D eigenvalue weighted by molar-refractivity contribution is -0.121. The molecule has 0 saturated carbocycles. The number of hydrogen-bond acceptors (Lipinski definition) is 5. The number of hydrogen-bond donors (Lipinski definition) is 3. The van der Waals surface area contributed by atoms with Crippen LogP contribution in [0.25, 0.3) is 0 Å². The lowest BCUT2D eigenvalue weighted by atomic mass is 10.2. The normalized spacial score (nSPS) is 11.9. The van der Waals surface area contributed by atoms with Crippen LogP contribution in [-0.2, 0) is 4.79 Å². The molecular formula is C11H18ClN5O. The zero-order valence-electron chi connectivity index (χ0n) is 10.5. The Kier molecular flexibility index (Phi) is 5.64. The molecule has 1 atom stereocenters. The van der Waals surface area contributed by atoms with Gasteiger partial charge in [0.15, 0.2) is 0 Å². The van der Waals surface area contributed by atoms with E-state index in [0.717, 1.165) is 6.42 Å². The monoisotopic (exact) mass is 271 g/mol. The molecule has 0 aliphatic rings. The Morgan fingerprint density at radius 3 is 2.94 bits per heavy atom. The summed E-state index contributed by atoms with van der Waals surface area (Å²) < 4.78 is 0. The molecule has 0 fully saturated rings. The molecule has 0 spiro atoms. The van der Waals surface area contributed by atoms with Crippen molar-refractivity contribution in [1.82, 2.24) is 15.3 Å². The van der Waals surface area contributed by atoms with Crippen LogP contribution in [-0.4, -0.2) is 28.5 Å². The van der Waals surface area contributed by atoms with E-state index < -0.39 is 0 Å². The highest BCUT2D eigenvalue weighted by molar-refractivity contribution is 6.35. The minimum absolute atomic E-state index is 0.00463. The third kappa shape index (κ3) is 4.37. The van der Waals surface area contributed by atoms with Crippen LogP contribution in [0, 0.1) is 0 Å². The van der Waals surface area contributed by atoms with E-state index in [1.165, 1.54) is 6.33 Å². The highest BCUT2D eigenvalue weighted by Crippen LogP contribution is 2.22. The second-order valence-corrected chi connectivity index (χ2v) is 4.35. The first-order valence-corrected chi connectivity index (χ1v) is 6.21. The highest BCUT2D eigenvalue weighted by Gasteiger charge is 2.08. The Balaban J connectivity index is 2.38. The van der Waals surface area contributed by atoms with Gasteiger partial charge in [-0.2, -0.15) is 0 Å². The predicted octanol–water partition coefficient (Wildman–Crippen LogP) is 1.43. The average Bonchev–Trinajstić information content (AvgIpc) is 2.34. The first kappa shape index (κ1) is 14.5. The summed E-state index contributed by atoms with van der Waals surface area (Å²) in [6, 6.07) is 0.191. The van der Waals surface area contributed by atoms with Gasteiger partial charge in [-0.1, -0.05) is 18.5 Å². The lowest BCUT2D eigenvalue weighted by Crippen LogP contribution is -2.33. The summed E-state index contributed by atoms with van der Waals surface area (Å²) in [4.78, 5) is 19.2. The first-order chi connectivity index (χ1) is 8.54. The Bertz CT molecular complexity index is 412. The molecule has 0 aliphatic carbocycles. The summed E-state index contributed by atoms with van der Waals surface area (Å²) in [6.45, 7) is 4.43. The van der Waals surface area contributed by atoms with Crippen molar-refractivity contribution < 1.29 is 4.79 Å². The molecule has 6 nitrogen and oxygen atoms in total. The van der Waals surface area contributed by atoms with Crippen molar-refractivity contribution in [3.05, 3.63) is 11.3 Å². The molecule has 7 heteroatoms. The number of halogens is 1. The van der Waals surface area contributed by atoms with Crippen molar-refractivity contribution in [2.75, 3.05) is 17.6 Å². The minimum atomic E-state index is -0.00463. The Hall–Kier alpha value is -1.56. The number of anilines is 2. The molecule has 1 aromatic heterocycles. The largest absolute Gasteiger partial charge is 0.382 e. The molecule has 1 heterocycles. The topological polar surface area (TPSA) is 92.9 Å². The van der Waals surface area contributed by atoms with Crippen LogP contribution in [0.4, 0.5) is 11.6 Å². The quantitative estimate of drug-likeness (QED) is 0.728. The zero-order chi connectivity index (χ0) is 13.5. The van der Waals surface area contributed by atoms with Gasteiger partial charge in [0.2, 0.25) is 5.91 Å². The van der Waals surface area contributed by atoms with Crippen LogP contribution in [0.5, 0.6) is 0 Å². The van der Waals surface area contributed by atoms with Crippen LogP contribution in [0.3, 0.4) is 0 Å². The van der Waals surface area contributed by atoms with Crippen molar-refractivity contribution in [3.63, 3.8) is 0 Å². The van der Waals surface area contributed by atoms with Crippen LogP contribution < -0.4 is 16.4 Å². The van der Waals surface area contributed by atoms with Crippen LogP contribution in [0.15, 0.2) is 6.33 Å². The summed E-state index contributed by atoms with van der Waals surface area (Å²) in [5, 5.41) is 6.10. The van der Waals surface area contributed by atoms with E-state index in [2.05, 4.69) is 20.6 Å². The van der Waals surface area contributed by atoms with E-state index in [9.17, 15) is 4.79 Å². The van der Waals surface area contributed by atoms with Gasteiger partial charge in [-0.3, -0.25) is 4.79 Å². The van der Waals surface area contributed by atoms with E-state index in [-0.39, 0.29) is 22.8 Å². The maximum absolute atomic E-state index is 11.5. The van der Waals surface area contributed by atoms with Crippen LogP contribution in [0.1, 0.15) is 26.7 Å². The Morgan fingerprint density at radius 2 is 2.28 bits per heavy atom. The average molecular weight is 272 g/mol. The number of nitrogens with zero attached hydrogens (tertiary/aromatic N) is 2. The molecule has 0 radical (unpaired) electrons. The number of amides is 1. The van der Waals surface area contributed by atoms with Gasteiger partial charge >= 0.3 is 0 Å². The lowest BCUT2D eigenvalue weighted by Gasteiger charge is -2.12. The van der Waals surface area contributed by atoms with Gasteiger partial charge in [-0.25, -0.2) is 9.97 Å². The SMILES string of the molecule is CCC(C)NC(=O)CCNc1ncnc(N)c1Cl. The smallest absolute Gasteiger partial charge is 0.221 e. The van der Waals surface area contributed by atoms with Gasteiger partial charge in [0.05, 0.1) is 0 Å². The van der Waals surface area contributed by atoms with Crippen molar-refractivity contribution in [2.24, 2.45) is 0 Å². The molecule has 1 rings (SSSR count). The molecular weight excluding hydrogens is 254 g/mol. The number of nitrogens with one attached hydrogen (secondary N) is 2. The fraction of sp³-hybridized carbons (Fsp3) is 0.545. The molecule has 0 bridgehead atoms. The molecule has 1 aromatic rings. The van der Waals surface area contributed by atoms with Gasteiger partial charge in [0, 0.05) is 19.0 Å². The Labute approximate surface area is 111 Å². The van der Waals surface area contributed by atoms with Crippen LogP contribution >= 0.6 is 11.6 Å². The maximum Gasteiger partial charge on any atom is 0.221 e. The number of carbonyl (C=O) groups excluding carboxylic acids is 1. The maximum atomic E-state index is 11.5. The van der Waals surface area contributed by atoms with Crippen molar-refractivity contribution in [3.8, 4) is 0 Å². The van der Waals surface area contributed by atoms with Crippen molar-refractivity contribution in [2.45, 2.75) is 32.7 Å². The fourth-order valence-electron chi connectivity index (χ4n) is 1.25. The van der Waals surface area contributed by atoms with Gasteiger partial charge in [-0.15, -0.1) is 0 Å². The third-order valence-corrected chi connectivity index (χ3v) is 2.85. The molecule has 0 saturated heterocycles. The zero-order valence-corrected chi connectivity index (χ0v) is 11.3. The summed E-state index contributed by atoms with van der Waals surface area (Å²) in [6.07, 6.45) is 2.58. The predicted molar refractivity (Wildman–Crippen MR) is 72.5 cm³/mol. The van der Waals surface area contributed by atoms with Crippen molar-refractivity contribution >= 4 is 29.1 Å². The third-order valence-electron chi connectivity index (χ3n) is 2.48. The van der Waals surface area contributed by atoms with E-state index in [1.807, 2.05) is 13.8 Å². The van der Waals surface area contributed by atoms with E-state index in [0.29, 0.717) is 18.8 Å². The molecule has 1 amide bonds. The second kappa shape index (κ2) is 7.00. The van der Waals surface area contributed by atoms with Gasteiger partial charge in [-0.05, 0) is 13.3 Å². The summed E-state index contributed by atoms with van der Waals surface area (Å²) in [5.41, 5.74) is 5.53. The fourth-order valence-corrected chi connectivity index (χ4v) is 1.41. The van der Waals surface area contributed by atoms with Crippen molar-refractivity contribution in [1.29, 1.82) is 0 Å². The standard InChI is InChI=1S/C11H18ClN5O/c1-3-7(2)17-8(18)4-5-14-11-9(12)10(13)15-6-16-11/h6-7H,3-5H2,1-2H3,(H,17,18)(H3,13,14,15,16). The van der Waals surface area contributed by atoms with Gasteiger partial charge < -0.3 is 16.4 Å². The molecule has 1 unspecified atom stereocenters. The molecule has 18 heavy (non-hydrogen) atoms. The summed E-state index contributed by atoms with van der Waals surface area (Å²) in [5.74, 6) is 0.661.